The van der Waals surface area contributed by atoms with Crippen LogP contribution >= 0.6 is 11.6 Å². The number of aromatic nitrogens is 1. The summed E-state index contributed by atoms with van der Waals surface area (Å²) in [5, 5.41) is 6.08. The summed E-state index contributed by atoms with van der Waals surface area (Å²) in [7, 11) is 0. The fourth-order valence-electron chi connectivity index (χ4n) is 3.06. The van der Waals surface area contributed by atoms with Crippen molar-refractivity contribution in [2.24, 2.45) is 0 Å². The normalized spacial score (nSPS) is 16.2. The Morgan fingerprint density at radius 2 is 2.07 bits per heavy atom. The minimum absolute atomic E-state index is 0.0604. The van der Waals surface area contributed by atoms with Gasteiger partial charge in [0.1, 0.15) is 5.69 Å². The van der Waals surface area contributed by atoms with Crippen molar-refractivity contribution in [2.75, 3.05) is 18.5 Å². The van der Waals surface area contributed by atoms with Crippen LogP contribution in [-0.4, -0.2) is 36.1 Å². The lowest BCUT2D eigenvalue weighted by Gasteiger charge is -2.12. The molecule has 1 atom stereocenters. The maximum absolute atomic E-state index is 12.6. The van der Waals surface area contributed by atoms with E-state index in [1.807, 2.05) is 19.9 Å². The standard InChI is InChI=1S/C20H22ClN3O3/c1-12-8-13(2)18(16(21)9-12)24-20(26)17-10-14(5-6-22-17)19(25)23-11-15-4-3-7-27-15/h5-6,8-10,15H,3-4,7,11H2,1-2H3,(H,23,25)(H,24,26). The van der Waals surface area contributed by atoms with Crippen molar-refractivity contribution < 1.29 is 14.3 Å². The number of anilines is 1. The van der Waals surface area contributed by atoms with Crippen molar-refractivity contribution in [3.8, 4) is 0 Å². The number of benzene rings is 1. The fraction of sp³-hybridized carbons (Fsp3) is 0.350. The van der Waals surface area contributed by atoms with Gasteiger partial charge in [-0.2, -0.15) is 0 Å². The zero-order valence-electron chi connectivity index (χ0n) is 15.3. The highest BCUT2D eigenvalue weighted by atomic mass is 35.5. The smallest absolute Gasteiger partial charge is 0.274 e. The Bertz CT molecular complexity index is 840. The Morgan fingerprint density at radius 1 is 1.26 bits per heavy atom. The van der Waals surface area contributed by atoms with E-state index in [1.165, 1.54) is 12.3 Å². The van der Waals surface area contributed by atoms with E-state index in [-0.39, 0.29) is 17.7 Å². The number of carbonyl (C=O) groups is 2. The van der Waals surface area contributed by atoms with Crippen molar-refractivity contribution in [2.45, 2.75) is 32.8 Å². The van der Waals surface area contributed by atoms with Gasteiger partial charge in [-0.15, -0.1) is 0 Å². The van der Waals surface area contributed by atoms with Crippen LogP contribution in [0.3, 0.4) is 0 Å². The Kier molecular flexibility index (Phi) is 6.08. The number of rotatable bonds is 5. The molecule has 142 valence electrons. The van der Waals surface area contributed by atoms with Gasteiger partial charge in [0.25, 0.3) is 11.8 Å². The van der Waals surface area contributed by atoms with E-state index in [0.29, 0.717) is 22.8 Å². The molecule has 2 aromatic rings. The van der Waals surface area contributed by atoms with Gasteiger partial charge in [0.15, 0.2) is 0 Å². The molecule has 0 saturated carbocycles. The van der Waals surface area contributed by atoms with Gasteiger partial charge in [-0.05, 0) is 56.0 Å². The van der Waals surface area contributed by atoms with Gasteiger partial charge in [-0.1, -0.05) is 17.7 Å². The van der Waals surface area contributed by atoms with Crippen LogP contribution in [-0.2, 0) is 4.74 Å². The van der Waals surface area contributed by atoms with Crippen LogP contribution in [0.1, 0.15) is 44.8 Å². The summed E-state index contributed by atoms with van der Waals surface area (Å²) in [6, 6.07) is 6.76. The Balaban J connectivity index is 1.69. The number of nitrogens with one attached hydrogen (secondary N) is 2. The predicted molar refractivity (Wildman–Crippen MR) is 104 cm³/mol. The molecule has 1 aliphatic rings. The summed E-state index contributed by atoms with van der Waals surface area (Å²) in [4.78, 5) is 29.0. The summed E-state index contributed by atoms with van der Waals surface area (Å²) in [6.45, 7) is 5.00. The fourth-order valence-corrected chi connectivity index (χ4v) is 3.43. The van der Waals surface area contributed by atoms with Crippen LogP contribution in [0, 0.1) is 13.8 Å². The lowest BCUT2D eigenvalue weighted by molar-refractivity contribution is 0.0857. The maximum Gasteiger partial charge on any atom is 0.274 e. The molecule has 2 amide bonds. The van der Waals surface area contributed by atoms with Crippen LogP contribution in [0.5, 0.6) is 0 Å². The molecule has 1 aromatic carbocycles. The number of amides is 2. The number of ether oxygens (including phenoxy) is 1. The molecular weight excluding hydrogens is 366 g/mol. The summed E-state index contributed by atoms with van der Waals surface area (Å²) < 4.78 is 5.49. The quantitative estimate of drug-likeness (QED) is 0.822. The first kappa shape index (κ1) is 19.3. The van der Waals surface area contributed by atoms with E-state index in [2.05, 4.69) is 15.6 Å². The molecule has 7 heteroatoms. The number of carbonyl (C=O) groups excluding carboxylic acids is 2. The second-order valence-corrected chi connectivity index (χ2v) is 7.07. The number of pyridine rings is 1. The van der Waals surface area contributed by atoms with Crippen LogP contribution in [0.25, 0.3) is 0 Å². The molecule has 1 fully saturated rings. The van der Waals surface area contributed by atoms with Gasteiger partial charge in [-0.25, -0.2) is 0 Å². The molecule has 2 heterocycles. The first-order chi connectivity index (χ1) is 12.9. The molecule has 1 unspecified atom stereocenters. The van der Waals surface area contributed by atoms with E-state index >= 15 is 0 Å². The molecule has 0 radical (unpaired) electrons. The van der Waals surface area contributed by atoms with E-state index in [1.54, 1.807) is 12.1 Å². The van der Waals surface area contributed by atoms with Crippen molar-refractivity contribution >= 4 is 29.1 Å². The van der Waals surface area contributed by atoms with Gasteiger partial charge in [-0.3, -0.25) is 14.6 Å². The SMILES string of the molecule is Cc1cc(C)c(NC(=O)c2cc(C(=O)NCC3CCCO3)ccn2)c(Cl)c1. The van der Waals surface area contributed by atoms with Crippen molar-refractivity contribution in [1.82, 2.24) is 10.3 Å². The lowest BCUT2D eigenvalue weighted by Crippen LogP contribution is -2.32. The average Bonchev–Trinajstić information content (AvgIpc) is 3.16. The van der Waals surface area contributed by atoms with Gasteiger partial charge in [0.05, 0.1) is 16.8 Å². The molecule has 2 N–H and O–H groups in total. The van der Waals surface area contributed by atoms with E-state index in [0.717, 1.165) is 30.6 Å². The topological polar surface area (TPSA) is 80.3 Å². The molecule has 0 aliphatic carbocycles. The highest BCUT2D eigenvalue weighted by Gasteiger charge is 2.18. The highest BCUT2D eigenvalue weighted by molar-refractivity contribution is 6.34. The Labute approximate surface area is 163 Å². The number of halogens is 1. The van der Waals surface area contributed by atoms with Crippen molar-refractivity contribution in [1.29, 1.82) is 0 Å². The first-order valence-electron chi connectivity index (χ1n) is 8.88. The van der Waals surface area contributed by atoms with Crippen LogP contribution in [0.15, 0.2) is 30.5 Å². The third-order valence-corrected chi connectivity index (χ3v) is 4.74. The van der Waals surface area contributed by atoms with Gasteiger partial charge in [0, 0.05) is 24.9 Å². The number of hydrogen-bond acceptors (Lipinski definition) is 4. The second-order valence-electron chi connectivity index (χ2n) is 6.67. The maximum atomic E-state index is 12.6. The van der Waals surface area contributed by atoms with Gasteiger partial charge in [0.2, 0.25) is 0 Å². The van der Waals surface area contributed by atoms with Crippen molar-refractivity contribution in [3.63, 3.8) is 0 Å². The molecule has 1 aromatic heterocycles. The average molecular weight is 388 g/mol. The zero-order chi connectivity index (χ0) is 19.4. The number of nitrogens with zero attached hydrogens (tertiary/aromatic N) is 1. The van der Waals surface area contributed by atoms with Gasteiger partial charge >= 0.3 is 0 Å². The predicted octanol–water partition coefficient (Wildman–Crippen LogP) is 3.51. The Morgan fingerprint density at radius 3 is 2.78 bits per heavy atom. The minimum Gasteiger partial charge on any atom is -0.376 e. The third kappa shape index (κ3) is 4.84. The molecule has 0 spiro atoms. The molecule has 0 bridgehead atoms. The molecule has 27 heavy (non-hydrogen) atoms. The monoisotopic (exact) mass is 387 g/mol. The van der Waals surface area contributed by atoms with E-state index in [4.69, 9.17) is 16.3 Å². The zero-order valence-corrected chi connectivity index (χ0v) is 16.1. The summed E-state index contributed by atoms with van der Waals surface area (Å²) in [6.07, 6.45) is 3.46. The second kappa shape index (κ2) is 8.50. The largest absolute Gasteiger partial charge is 0.376 e. The summed E-state index contributed by atoms with van der Waals surface area (Å²) in [5.74, 6) is -0.677. The van der Waals surface area contributed by atoms with E-state index in [9.17, 15) is 9.59 Å². The molecule has 1 saturated heterocycles. The number of aryl methyl sites for hydroxylation is 2. The van der Waals surface area contributed by atoms with Gasteiger partial charge < -0.3 is 15.4 Å². The van der Waals surface area contributed by atoms with Crippen molar-refractivity contribution in [3.05, 3.63) is 57.9 Å². The molecule has 3 rings (SSSR count). The first-order valence-corrected chi connectivity index (χ1v) is 9.26. The summed E-state index contributed by atoms with van der Waals surface area (Å²) in [5.41, 5.74) is 2.94. The molecule has 6 nitrogen and oxygen atoms in total. The lowest BCUT2D eigenvalue weighted by atomic mass is 10.1. The third-order valence-electron chi connectivity index (χ3n) is 4.44. The van der Waals surface area contributed by atoms with E-state index < -0.39 is 5.91 Å². The highest BCUT2D eigenvalue weighted by Crippen LogP contribution is 2.27. The van der Waals surface area contributed by atoms with Crippen LogP contribution in [0.2, 0.25) is 5.02 Å². The number of hydrogen-bond donors (Lipinski definition) is 2. The minimum atomic E-state index is -0.419. The Hall–Kier alpha value is -2.44. The summed E-state index contributed by atoms with van der Waals surface area (Å²) >= 11 is 6.24. The molecular formula is C20H22ClN3O3. The van der Waals surface area contributed by atoms with Crippen LogP contribution < -0.4 is 10.6 Å². The van der Waals surface area contributed by atoms with Crippen LogP contribution in [0.4, 0.5) is 5.69 Å². The molecule has 1 aliphatic heterocycles.